The Hall–Kier alpha value is -1.88. The molecule has 1 N–H and O–H groups in total. The Balaban J connectivity index is 2.17. The Morgan fingerprint density at radius 2 is 1.89 bits per heavy atom. The summed E-state index contributed by atoms with van der Waals surface area (Å²) in [7, 11) is 0. The van der Waals surface area contributed by atoms with Crippen molar-refractivity contribution in [1.82, 2.24) is 15.5 Å². The fourth-order valence-electron chi connectivity index (χ4n) is 1.81. The van der Waals surface area contributed by atoms with Crippen LogP contribution >= 0.6 is 0 Å². The number of nitrogens with zero attached hydrogens (tertiary/aromatic N) is 3. The van der Waals surface area contributed by atoms with Gasteiger partial charge in [-0.25, -0.2) is 0 Å². The van der Waals surface area contributed by atoms with E-state index in [1.807, 2.05) is 11.8 Å². The highest BCUT2D eigenvalue weighted by Crippen LogP contribution is 2.23. The van der Waals surface area contributed by atoms with Gasteiger partial charge in [-0.05, 0) is 32.5 Å². The number of aromatic nitrogens is 2. The molecule has 1 aromatic heterocycles. The monoisotopic (exact) mass is 260 g/mol. The van der Waals surface area contributed by atoms with E-state index in [0.29, 0.717) is 18.5 Å². The SMILES string of the molecule is CCNCc1nnc(N(CC)c2ccc(C)cc2)o1. The van der Waals surface area contributed by atoms with Gasteiger partial charge in [-0.2, -0.15) is 0 Å². The Kier molecular flexibility index (Phi) is 4.52. The van der Waals surface area contributed by atoms with Gasteiger partial charge in [0.1, 0.15) is 0 Å². The van der Waals surface area contributed by atoms with Crippen LogP contribution in [0, 0.1) is 6.92 Å². The van der Waals surface area contributed by atoms with Crippen molar-refractivity contribution in [2.24, 2.45) is 0 Å². The number of aryl methyl sites for hydroxylation is 1. The molecule has 0 aliphatic rings. The molecule has 0 aliphatic carbocycles. The zero-order valence-electron chi connectivity index (χ0n) is 11.7. The molecule has 0 atom stereocenters. The predicted octanol–water partition coefficient (Wildman–Crippen LogP) is 2.65. The van der Waals surface area contributed by atoms with E-state index in [4.69, 9.17) is 4.42 Å². The quantitative estimate of drug-likeness (QED) is 0.865. The van der Waals surface area contributed by atoms with Crippen LogP contribution in [0.5, 0.6) is 0 Å². The summed E-state index contributed by atoms with van der Waals surface area (Å²) in [5.74, 6) is 0.613. The van der Waals surface area contributed by atoms with Crippen LogP contribution in [0.2, 0.25) is 0 Å². The van der Waals surface area contributed by atoms with Crippen molar-refractivity contribution in [2.75, 3.05) is 18.0 Å². The fourth-order valence-corrected chi connectivity index (χ4v) is 1.81. The van der Waals surface area contributed by atoms with Crippen molar-refractivity contribution in [2.45, 2.75) is 27.3 Å². The highest BCUT2D eigenvalue weighted by atomic mass is 16.4. The highest BCUT2D eigenvalue weighted by molar-refractivity contribution is 5.56. The first-order valence-corrected chi connectivity index (χ1v) is 6.62. The van der Waals surface area contributed by atoms with E-state index < -0.39 is 0 Å². The minimum atomic E-state index is 0.541. The molecule has 0 amide bonds. The first-order valence-electron chi connectivity index (χ1n) is 6.62. The van der Waals surface area contributed by atoms with Gasteiger partial charge in [0.15, 0.2) is 0 Å². The van der Waals surface area contributed by atoms with Gasteiger partial charge in [0.05, 0.1) is 6.54 Å². The summed E-state index contributed by atoms with van der Waals surface area (Å²) in [4.78, 5) is 2.00. The first kappa shape index (κ1) is 13.5. The fraction of sp³-hybridized carbons (Fsp3) is 0.429. The Labute approximate surface area is 113 Å². The van der Waals surface area contributed by atoms with E-state index >= 15 is 0 Å². The molecule has 0 unspecified atom stereocenters. The molecule has 19 heavy (non-hydrogen) atoms. The zero-order valence-corrected chi connectivity index (χ0v) is 11.7. The Morgan fingerprint density at radius 1 is 1.16 bits per heavy atom. The topological polar surface area (TPSA) is 54.2 Å². The molecular weight excluding hydrogens is 240 g/mol. The van der Waals surface area contributed by atoms with Gasteiger partial charge in [0, 0.05) is 12.2 Å². The molecule has 0 radical (unpaired) electrons. The maximum Gasteiger partial charge on any atom is 0.322 e. The third kappa shape index (κ3) is 3.32. The van der Waals surface area contributed by atoms with E-state index in [-0.39, 0.29) is 0 Å². The third-order valence-corrected chi connectivity index (χ3v) is 2.88. The number of rotatable bonds is 6. The van der Waals surface area contributed by atoms with E-state index in [9.17, 15) is 0 Å². The number of anilines is 2. The molecule has 0 saturated carbocycles. The van der Waals surface area contributed by atoms with Gasteiger partial charge < -0.3 is 9.73 Å². The number of benzene rings is 1. The van der Waals surface area contributed by atoms with Crippen molar-refractivity contribution < 1.29 is 4.42 Å². The van der Waals surface area contributed by atoms with Crippen molar-refractivity contribution in [3.05, 3.63) is 35.7 Å². The number of hydrogen-bond donors (Lipinski definition) is 1. The molecule has 1 aromatic carbocycles. The minimum absolute atomic E-state index is 0.541. The maximum atomic E-state index is 5.66. The normalized spacial score (nSPS) is 10.7. The lowest BCUT2D eigenvalue weighted by Gasteiger charge is -2.17. The van der Waals surface area contributed by atoms with Gasteiger partial charge in [-0.15, -0.1) is 5.10 Å². The first-order chi connectivity index (χ1) is 9.24. The molecule has 1 heterocycles. The second-order valence-corrected chi connectivity index (χ2v) is 4.34. The Bertz CT molecular complexity index is 506. The molecule has 0 bridgehead atoms. The van der Waals surface area contributed by atoms with Crippen molar-refractivity contribution >= 4 is 11.7 Å². The van der Waals surface area contributed by atoms with Crippen LogP contribution < -0.4 is 10.2 Å². The maximum absolute atomic E-state index is 5.66. The van der Waals surface area contributed by atoms with E-state index in [0.717, 1.165) is 18.8 Å². The van der Waals surface area contributed by atoms with Gasteiger partial charge >= 0.3 is 6.01 Å². The second kappa shape index (κ2) is 6.33. The van der Waals surface area contributed by atoms with Gasteiger partial charge in [-0.1, -0.05) is 29.7 Å². The smallest absolute Gasteiger partial charge is 0.322 e. The summed E-state index contributed by atoms with van der Waals surface area (Å²) in [5, 5.41) is 11.3. The standard InChI is InChI=1S/C14H20N4O/c1-4-15-10-13-16-17-14(19-13)18(5-2)12-8-6-11(3)7-9-12/h6-9,15H,4-5,10H2,1-3H3. The van der Waals surface area contributed by atoms with Crippen LogP contribution in [0.4, 0.5) is 11.7 Å². The van der Waals surface area contributed by atoms with Crippen molar-refractivity contribution in [3.63, 3.8) is 0 Å². The molecule has 5 heteroatoms. The zero-order chi connectivity index (χ0) is 13.7. The van der Waals surface area contributed by atoms with Crippen LogP contribution in [0.3, 0.4) is 0 Å². The number of nitrogens with one attached hydrogen (secondary N) is 1. The minimum Gasteiger partial charge on any atom is -0.406 e. The molecule has 102 valence electrons. The molecular formula is C14H20N4O. The number of hydrogen-bond acceptors (Lipinski definition) is 5. The highest BCUT2D eigenvalue weighted by Gasteiger charge is 2.14. The average molecular weight is 260 g/mol. The average Bonchev–Trinajstić information content (AvgIpc) is 2.88. The molecule has 0 aliphatic heterocycles. The second-order valence-electron chi connectivity index (χ2n) is 4.34. The summed E-state index contributed by atoms with van der Waals surface area (Å²) in [6, 6.07) is 8.82. The lowest BCUT2D eigenvalue weighted by molar-refractivity contribution is 0.473. The molecule has 0 spiro atoms. The molecule has 0 fully saturated rings. The third-order valence-electron chi connectivity index (χ3n) is 2.88. The van der Waals surface area contributed by atoms with Gasteiger partial charge in [0.25, 0.3) is 0 Å². The van der Waals surface area contributed by atoms with Crippen molar-refractivity contribution in [3.8, 4) is 0 Å². The summed E-state index contributed by atoms with van der Waals surface area (Å²) in [5.41, 5.74) is 2.30. The lowest BCUT2D eigenvalue weighted by Crippen LogP contribution is -2.16. The van der Waals surface area contributed by atoms with E-state index in [1.54, 1.807) is 0 Å². The molecule has 2 rings (SSSR count). The molecule has 0 saturated heterocycles. The van der Waals surface area contributed by atoms with E-state index in [2.05, 4.69) is 53.6 Å². The van der Waals surface area contributed by atoms with Crippen LogP contribution in [-0.2, 0) is 6.54 Å². The van der Waals surface area contributed by atoms with E-state index in [1.165, 1.54) is 5.56 Å². The molecule has 5 nitrogen and oxygen atoms in total. The summed E-state index contributed by atoms with van der Waals surface area (Å²) in [6.45, 7) is 8.45. The van der Waals surface area contributed by atoms with Crippen molar-refractivity contribution in [1.29, 1.82) is 0 Å². The summed E-state index contributed by atoms with van der Waals surface area (Å²) < 4.78 is 5.66. The molecule has 2 aromatic rings. The van der Waals surface area contributed by atoms with Gasteiger partial charge in [0.2, 0.25) is 5.89 Å². The van der Waals surface area contributed by atoms with Crippen LogP contribution in [-0.4, -0.2) is 23.3 Å². The summed E-state index contributed by atoms with van der Waals surface area (Å²) >= 11 is 0. The van der Waals surface area contributed by atoms with Crippen LogP contribution in [0.15, 0.2) is 28.7 Å². The van der Waals surface area contributed by atoms with Crippen LogP contribution in [0.25, 0.3) is 0 Å². The summed E-state index contributed by atoms with van der Waals surface area (Å²) in [6.07, 6.45) is 0. The van der Waals surface area contributed by atoms with Crippen LogP contribution in [0.1, 0.15) is 25.3 Å². The Morgan fingerprint density at radius 3 is 2.53 bits per heavy atom. The lowest BCUT2D eigenvalue weighted by atomic mass is 10.2. The largest absolute Gasteiger partial charge is 0.406 e. The van der Waals surface area contributed by atoms with Gasteiger partial charge in [-0.3, -0.25) is 4.90 Å². The predicted molar refractivity (Wildman–Crippen MR) is 75.5 cm³/mol.